The first-order valence-corrected chi connectivity index (χ1v) is 4.16. The molecule has 0 aliphatic rings. The van der Waals surface area contributed by atoms with Gasteiger partial charge in [0.25, 0.3) is 0 Å². The van der Waals surface area contributed by atoms with Crippen molar-refractivity contribution < 1.29 is 14.6 Å². The lowest BCUT2D eigenvalue weighted by molar-refractivity contribution is 0.0600. The monoisotopic (exact) mass is 192 g/mol. The van der Waals surface area contributed by atoms with Gasteiger partial charge in [-0.1, -0.05) is 18.7 Å². The number of carbonyl (C=O) groups excluding carboxylic acids is 1. The van der Waals surface area contributed by atoms with Crippen LogP contribution in [0.15, 0.2) is 30.8 Å². The summed E-state index contributed by atoms with van der Waals surface area (Å²) < 4.78 is 4.57. The van der Waals surface area contributed by atoms with Gasteiger partial charge in [-0.2, -0.15) is 0 Å². The molecule has 0 heterocycles. The van der Waals surface area contributed by atoms with Crippen molar-refractivity contribution in [2.24, 2.45) is 0 Å². The zero-order valence-corrected chi connectivity index (χ0v) is 7.99. The van der Waals surface area contributed by atoms with Crippen molar-refractivity contribution in [3.8, 4) is 0 Å². The first-order chi connectivity index (χ1) is 6.69. The van der Waals surface area contributed by atoms with E-state index in [2.05, 4.69) is 11.3 Å². The molecular formula is C11H12O3. The molecule has 3 heteroatoms. The van der Waals surface area contributed by atoms with Gasteiger partial charge in [-0.05, 0) is 23.3 Å². The van der Waals surface area contributed by atoms with E-state index in [9.17, 15) is 4.79 Å². The topological polar surface area (TPSA) is 46.5 Å². The van der Waals surface area contributed by atoms with E-state index in [1.807, 2.05) is 0 Å². The molecule has 0 amide bonds. The third-order valence-corrected chi connectivity index (χ3v) is 1.88. The molecule has 0 aliphatic carbocycles. The number of carbonyl (C=O) groups is 1. The normalized spacial score (nSPS) is 9.57. The van der Waals surface area contributed by atoms with Gasteiger partial charge in [0.15, 0.2) is 0 Å². The molecule has 1 N–H and O–H groups in total. The highest BCUT2D eigenvalue weighted by atomic mass is 16.5. The van der Waals surface area contributed by atoms with E-state index in [0.717, 1.165) is 5.56 Å². The van der Waals surface area contributed by atoms with Gasteiger partial charge in [0, 0.05) is 0 Å². The fourth-order valence-corrected chi connectivity index (χ4v) is 1.08. The van der Waals surface area contributed by atoms with Crippen LogP contribution in [0.1, 0.15) is 15.9 Å². The summed E-state index contributed by atoms with van der Waals surface area (Å²) in [4.78, 5) is 11.2. The van der Waals surface area contributed by atoms with Crippen LogP contribution in [0.2, 0.25) is 0 Å². The van der Waals surface area contributed by atoms with Crippen LogP contribution >= 0.6 is 0 Å². The molecule has 0 bridgehead atoms. The maximum atomic E-state index is 11.2. The molecular weight excluding hydrogens is 180 g/mol. The number of aliphatic hydroxyl groups excluding tert-OH is 1. The Morgan fingerprint density at radius 1 is 1.50 bits per heavy atom. The van der Waals surface area contributed by atoms with E-state index in [1.54, 1.807) is 24.3 Å². The summed E-state index contributed by atoms with van der Waals surface area (Å²) in [6.07, 6.45) is 0. The Morgan fingerprint density at radius 2 is 2.14 bits per heavy atom. The molecule has 0 unspecified atom stereocenters. The van der Waals surface area contributed by atoms with Crippen LogP contribution in [-0.4, -0.2) is 24.8 Å². The van der Waals surface area contributed by atoms with Crippen molar-refractivity contribution in [2.75, 3.05) is 13.7 Å². The summed E-state index contributed by atoms with van der Waals surface area (Å²) in [5, 5.41) is 8.86. The Hall–Kier alpha value is -1.61. The molecule has 0 spiro atoms. The molecule has 1 aromatic carbocycles. The number of rotatable bonds is 3. The lowest BCUT2D eigenvalue weighted by Crippen LogP contribution is -2.01. The summed E-state index contributed by atoms with van der Waals surface area (Å²) in [5.74, 6) is -0.391. The fraction of sp³-hybridized carbons (Fsp3) is 0.182. The molecule has 0 atom stereocenters. The maximum Gasteiger partial charge on any atom is 0.337 e. The number of aliphatic hydroxyl groups is 1. The smallest absolute Gasteiger partial charge is 0.337 e. The number of methoxy groups -OCH3 is 1. The van der Waals surface area contributed by atoms with E-state index in [1.165, 1.54) is 7.11 Å². The number of hydrogen-bond acceptors (Lipinski definition) is 3. The number of benzene rings is 1. The minimum Gasteiger partial charge on any atom is -0.465 e. The molecule has 0 saturated heterocycles. The number of ether oxygens (including phenoxy) is 1. The lowest BCUT2D eigenvalue weighted by atomic mass is 10.1. The summed E-state index contributed by atoms with van der Waals surface area (Å²) >= 11 is 0. The fourth-order valence-electron chi connectivity index (χ4n) is 1.08. The van der Waals surface area contributed by atoms with Crippen LogP contribution in [0.4, 0.5) is 0 Å². The molecule has 74 valence electrons. The van der Waals surface area contributed by atoms with Crippen molar-refractivity contribution in [3.63, 3.8) is 0 Å². The van der Waals surface area contributed by atoms with Crippen molar-refractivity contribution in [3.05, 3.63) is 42.0 Å². The van der Waals surface area contributed by atoms with E-state index in [4.69, 9.17) is 5.11 Å². The molecule has 0 radical (unpaired) electrons. The van der Waals surface area contributed by atoms with Crippen molar-refractivity contribution in [1.82, 2.24) is 0 Å². The second-order valence-corrected chi connectivity index (χ2v) is 2.83. The van der Waals surface area contributed by atoms with E-state index >= 15 is 0 Å². The Balaban J connectivity index is 3.01. The van der Waals surface area contributed by atoms with Crippen LogP contribution in [0.3, 0.4) is 0 Å². The van der Waals surface area contributed by atoms with Gasteiger partial charge < -0.3 is 9.84 Å². The lowest BCUT2D eigenvalue weighted by Gasteiger charge is -2.04. The van der Waals surface area contributed by atoms with Gasteiger partial charge in [-0.3, -0.25) is 0 Å². The highest BCUT2D eigenvalue weighted by Gasteiger charge is 2.06. The first-order valence-electron chi connectivity index (χ1n) is 4.16. The highest BCUT2D eigenvalue weighted by Crippen LogP contribution is 2.13. The van der Waals surface area contributed by atoms with Gasteiger partial charge in [-0.15, -0.1) is 0 Å². The molecule has 0 aliphatic heterocycles. The third-order valence-electron chi connectivity index (χ3n) is 1.88. The highest BCUT2D eigenvalue weighted by molar-refractivity contribution is 5.90. The molecule has 0 saturated carbocycles. The average Bonchev–Trinajstić information content (AvgIpc) is 2.27. The molecule has 1 aromatic rings. The van der Waals surface area contributed by atoms with Crippen molar-refractivity contribution in [1.29, 1.82) is 0 Å². The van der Waals surface area contributed by atoms with Crippen LogP contribution in [0.5, 0.6) is 0 Å². The van der Waals surface area contributed by atoms with Gasteiger partial charge in [0.2, 0.25) is 0 Å². The summed E-state index contributed by atoms with van der Waals surface area (Å²) in [6, 6.07) is 6.80. The molecule has 0 aromatic heterocycles. The maximum absolute atomic E-state index is 11.2. The number of esters is 1. The largest absolute Gasteiger partial charge is 0.465 e. The summed E-state index contributed by atoms with van der Waals surface area (Å²) in [6.45, 7) is 3.55. The predicted octanol–water partition coefficient (Wildman–Crippen LogP) is 1.48. The third kappa shape index (κ3) is 2.20. The minimum absolute atomic E-state index is 0.120. The van der Waals surface area contributed by atoms with Crippen LogP contribution in [-0.2, 0) is 4.74 Å². The number of hydrogen-bond donors (Lipinski definition) is 1. The van der Waals surface area contributed by atoms with Crippen molar-refractivity contribution >= 4 is 11.5 Å². The zero-order chi connectivity index (χ0) is 10.6. The Morgan fingerprint density at radius 3 is 2.71 bits per heavy atom. The molecule has 0 fully saturated rings. The predicted molar refractivity (Wildman–Crippen MR) is 53.9 cm³/mol. The summed E-state index contributed by atoms with van der Waals surface area (Å²) in [7, 11) is 1.33. The van der Waals surface area contributed by atoms with E-state index in [0.29, 0.717) is 11.1 Å². The van der Waals surface area contributed by atoms with Gasteiger partial charge in [0.05, 0.1) is 19.3 Å². The quantitative estimate of drug-likeness (QED) is 0.738. The summed E-state index contributed by atoms with van der Waals surface area (Å²) in [5.41, 5.74) is 1.78. The van der Waals surface area contributed by atoms with Gasteiger partial charge in [-0.25, -0.2) is 4.79 Å². The van der Waals surface area contributed by atoms with Crippen LogP contribution < -0.4 is 0 Å². The van der Waals surface area contributed by atoms with Crippen molar-refractivity contribution in [2.45, 2.75) is 0 Å². The Bertz CT molecular complexity index is 324. The zero-order valence-electron chi connectivity index (χ0n) is 7.99. The minimum atomic E-state index is -0.391. The second kappa shape index (κ2) is 4.58. The van der Waals surface area contributed by atoms with Crippen LogP contribution in [0.25, 0.3) is 5.57 Å². The van der Waals surface area contributed by atoms with Crippen LogP contribution in [0, 0.1) is 0 Å². The Kier molecular flexibility index (Phi) is 3.42. The average molecular weight is 192 g/mol. The molecule has 14 heavy (non-hydrogen) atoms. The Labute approximate surface area is 82.6 Å². The van der Waals surface area contributed by atoms with Gasteiger partial charge in [0.1, 0.15) is 0 Å². The second-order valence-electron chi connectivity index (χ2n) is 2.83. The van der Waals surface area contributed by atoms with Gasteiger partial charge >= 0.3 is 5.97 Å². The first kappa shape index (κ1) is 10.5. The molecule has 1 rings (SSSR count). The van der Waals surface area contributed by atoms with E-state index in [-0.39, 0.29) is 6.61 Å². The standard InChI is InChI=1S/C11H12O3/c1-8(7-12)9-4-3-5-10(6-9)11(13)14-2/h3-6,12H,1,7H2,2H3. The van der Waals surface area contributed by atoms with E-state index < -0.39 is 5.97 Å². The molecule has 3 nitrogen and oxygen atoms in total. The SMILES string of the molecule is C=C(CO)c1cccc(C(=O)OC)c1.